The van der Waals surface area contributed by atoms with Crippen LogP contribution in [0, 0.1) is 0 Å². The highest BCUT2D eigenvalue weighted by Crippen LogP contribution is 2.23. The lowest BCUT2D eigenvalue weighted by molar-refractivity contribution is -0.274. The van der Waals surface area contributed by atoms with Crippen LogP contribution in [0.1, 0.15) is 5.56 Å². The Morgan fingerprint density at radius 2 is 1.57 bits per heavy atom. The molecule has 0 aliphatic carbocycles. The van der Waals surface area contributed by atoms with E-state index in [9.17, 15) is 26.3 Å². The zero-order valence-electron chi connectivity index (χ0n) is 10.6. The van der Waals surface area contributed by atoms with Crippen molar-refractivity contribution in [2.75, 3.05) is 19.0 Å². The molecule has 0 amide bonds. The summed E-state index contributed by atoms with van der Waals surface area (Å²) in [6.07, 6.45) is -9.17. The summed E-state index contributed by atoms with van der Waals surface area (Å²) in [4.78, 5) is 1.06. The smallest absolute Gasteiger partial charge is 0.406 e. The van der Waals surface area contributed by atoms with E-state index in [-0.39, 0.29) is 19.0 Å². The van der Waals surface area contributed by atoms with E-state index >= 15 is 0 Å². The standard InChI is InChI=1S/C12H12ClF6NO/c13-5-6-20(8-11(14,15)16)7-9-1-3-10(4-2-9)21-12(17,18)19/h1-4H,5-8H2. The molecule has 0 N–H and O–H groups in total. The first-order chi connectivity index (χ1) is 9.59. The molecule has 1 aromatic carbocycles. The van der Waals surface area contributed by atoms with Crippen LogP contribution >= 0.6 is 11.6 Å². The third-order valence-electron chi connectivity index (χ3n) is 2.37. The highest BCUT2D eigenvalue weighted by molar-refractivity contribution is 6.18. The van der Waals surface area contributed by atoms with Gasteiger partial charge in [-0.15, -0.1) is 24.8 Å². The summed E-state index contributed by atoms with van der Waals surface area (Å²) in [5.74, 6) is -0.406. The van der Waals surface area contributed by atoms with Crippen molar-refractivity contribution >= 4 is 11.6 Å². The zero-order valence-corrected chi connectivity index (χ0v) is 11.4. The maximum Gasteiger partial charge on any atom is 0.573 e. The van der Waals surface area contributed by atoms with Gasteiger partial charge in [-0.05, 0) is 17.7 Å². The minimum absolute atomic E-state index is 0.0157. The number of ether oxygens (including phenoxy) is 1. The molecule has 0 aromatic heterocycles. The van der Waals surface area contributed by atoms with Crippen LogP contribution in [-0.4, -0.2) is 36.4 Å². The lowest BCUT2D eigenvalue weighted by Gasteiger charge is -2.22. The summed E-state index contributed by atoms with van der Waals surface area (Å²) in [5, 5.41) is 0. The molecular weight excluding hydrogens is 324 g/mol. The van der Waals surface area contributed by atoms with Gasteiger partial charge in [0.15, 0.2) is 0 Å². The van der Waals surface area contributed by atoms with Crippen molar-refractivity contribution in [3.63, 3.8) is 0 Å². The second-order valence-electron chi connectivity index (χ2n) is 4.21. The van der Waals surface area contributed by atoms with Gasteiger partial charge in [-0.2, -0.15) is 13.2 Å². The molecule has 0 heterocycles. The predicted octanol–water partition coefficient (Wildman–Crippen LogP) is 4.19. The molecule has 0 radical (unpaired) electrons. The molecule has 0 unspecified atom stereocenters. The van der Waals surface area contributed by atoms with Gasteiger partial charge in [0, 0.05) is 19.0 Å². The van der Waals surface area contributed by atoms with Gasteiger partial charge in [0.1, 0.15) is 5.75 Å². The largest absolute Gasteiger partial charge is 0.573 e. The molecule has 0 saturated carbocycles. The fourth-order valence-corrected chi connectivity index (χ4v) is 1.88. The van der Waals surface area contributed by atoms with Crippen molar-refractivity contribution in [1.82, 2.24) is 4.90 Å². The van der Waals surface area contributed by atoms with Gasteiger partial charge in [0.05, 0.1) is 6.54 Å². The van der Waals surface area contributed by atoms with Crippen LogP contribution in [0.4, 0.5) is 26.3 Å². The van der Waals surface area contributed by atoms with E-state index in [0.717, 1.165) is 17.0 Å². The van der Waals surface area contributed by atoms with Crippen LogP contribution in [0.3, 0.4) is 0 Å². The SMILES string of the molecule is FC(F)(F)CN(CCCl)Cc1ccc(OC(F)(F)F)cc1. The Kier molecular flexibility index (Phi) is 6.15. The fourth-order valence-electron chi connectivity index (χ4n) is 1.64. The van der Waals surface area contributed by atoms with Crippen LogP contribution in [0.2, 0.25) is 0 Å². The average molecular weight is 336 g/mol. The Balaban J connectivity index is 2.67. The van der Waals surface area contributed by atoms with Gasteiger partial charge in [-0.25, -0.2) is 0 Å². The lowest BCUT2D eigenvalue weighted by atomic mass is 10.2. The Hall–Kier alpha value is -1.15. The number of rotatable bonds is 6. The number of alkyl halides is 7. The number of hydrogen-bond acceptors (Lipinski definition) is 2. The quantitative estimate of drug-likeness (QED) is 0.571. The van der Waals surface area contributed by atoms with Crippen molar-refractivity contribution in [2.45, 2.75) is 19.1 Å². The number of hydrogen-bond donors (Lipinski definition) is 0. The molecule has 0 saturated heterocycles. The van der Waals surface area contributed by atoms with E-state index in [1.807, 2.05) is 0 Å². The maximum atomic E-state index is 12.4. The van der Waals surface area contributed by atoms with Gasteiger partial charge in [-0.3, -0.25) is 4.90 Å². The van der Waals surface area contributed by atoms with Crippen molar-refractivity contribution in [1.29, 1.82) is 0 Å². The third kappa shape index (κ3) is 8.01. The molecule has 0 aliphatic rings. The lowest BCUT2D eigenvalue weighted by Crippen LogP contribution is -2.35. The van der Waals surface area contributed by atoms with Crippen LogP contribution < -0.4 is 4.74 Å². The highest BCUT2D eigenvalue weighted by Gasteiger charge is 2.31. The molecular formula is C12H12ClF6NO. The minimum atomic E-state index is -4.80. The Bertz CT molecular complexity index is 431. The fraction of sp³-hybridized carbons (Fsp3) is 0.500. The zero-order chi connectivity index (χ0) is 16.1. The Morgan fingerprint density at radius 3 is 2.00 bits per heavy atom. The first-order valence-electron chi connectivity index (χ1n) is 5.79. The number of nitrogens with zero attached hydrogens (tertiary/aromatic N) is 1. The van der Waals surface area contributed by atoms with E-state index in [4.69, 9.17) is 11.6 Å². The minimum Gasteiger partial charge on any atom is -0.406 e. The van der Waals surface area contributed by atoms with Gasteiger partial charge >= 0.3 is 12.5 Å². The second-order valence-corrected chi connectivity index (χ2v) is 4.58. The molecule has 0 aliphatic heterocycles. The molecule has 21 heavy (non-hydrogen) atoms. The summed E-state index contributed by atoms with van der Waals surface area (Å²) >= 11 is 5.44. The Labute approximate surface area is 122 Å². The molecule has 1 rings (SSSR count). The molecule has 0 fully saturated rings. The highest BCUT2D eigenvalue weighted by atomic mass is 35.5. The van der Waals surface area contributed by atoms with Crippen molar-refractivity contribution in [3.8, 4) is 5.75 Å². The normalized spacial score (nSPS) is 12.8. The Morgan fingerprint density at radius 1 is 1.00 bits per heavy atom. The van der Waals surface area contributed by atoms with Crippen molar-refractivity contribution in [2.24, 2.45) is 0 Å². The van der Waals surface area contributed by atoms with E-state index in [2.05, 4.69) is 4.74 Å². The second kappa shape index (κ2) is 7.22. The molecule has 0 atom stereocenters. The van der Waals surface area contributed by atoms with E-state index in [1.54, 1.807) is 0 Å². The molecule has 1 aromatic rings. The summed E-state index contributed by atoms with van der Waals surface area (Å²) in [6, 6.07) is 4.65. The summed E-state index contributed by atoms with van der Waals surface area (Å²) in [6.45, 7) is -1.19. The number of benzene rings is 1. The first-order valence-corrected chi connectivity index (χ1v) is 6.32. The topological polar surface area (TPSA) is 12.5 Å². The third-order valence-corrected chi connectivity index (χ3v) is 2.54. The van der Waals surface area contributed by atoms with Crippen molar-refractivity contribution < 1.29 is 31.1 Å². The van der Waals surface area contributed by atoms with Gasteiger partial charge in [-0.1, -0.05) is 12.1 Å². The predicted molar refractivity (Wildman–Crippen MR) is 65.2 cm³/mol. The van der Waals surface area contributed by atoms with E-state index < -0.39 is 24.8 Å². The molecule has 9 heteroatoms. The average Bonchev–Trinajstić information content (AvgIpc) is 2.28. The summed E-state index contributed by atoms with van der Waals surface area (Å²) < 4.78 is 76.6. The van der Waals surface area contributed by atoms with E-state index in [1.165, 1.54) is 12.1 Å². The molecule has 120 valence electrons. The maximum absolute atomic E-state index is 12.4. The van der Waals surface area contributed by atoms with Crippen LogP contribution in [-0.2, 0) is 6.54 Å². The van der Waals surface area contributed by atoms with Crippen LogP contribution in [0.15, 0.2) is 24.3 Å². The van der Waals surface area contributed by atoms with Gasteiger partial charge in [0.25, 0.3) is 0 Å². The first kappa shape index (κ1) is 17.9. The van der Waals surface area contributed by atoms with Crippen LogP contribution in [0.5, 0.6) is 5.75 Å². The molecule has 0 bridgehead atoms. The van der Waals surface area contributed by atoms with E-state index in [0.29, 0.717) is 5.56 Å². The monoisotopic (exact) mass is 335 g/mol. The molecule has 0 spiro atoms. The van der Waals surface area contributed by atoms with Gasteiger partial charge < -0.3 is 4.74 Å². The van der Waals surface area contributed by atoms with Gasteiger partial charge in [0.2, 0.25) is 0 Å². The number of halogens is 7. The van der Waals surface area contributed by atoms with Crippen LogP contribution in [0.25, 0.3) is 0 Å². The van der Waals surface area contributed by atoms with Crippen molar-refractivity contribution in [3.05, 3.63) is 29.8 Å². The molecule has 2 nitrogen and oxygen atoms in total. The summed E-state index contributed by atoms with van der Waals surface area (Å²) in [5.41, 5.74) is 0.430. The summed E-state index contributed by atoms with van der Waals surface area (Å²) in [7, 11) is 0.